The van der Waals surface area contributed by atoms with E-state index in [0.717, 1.165) is 17.1 Å². The highest BCUT2D eigenvalue weighted by molar-refractivity contribution is 7.80. The molecule has 28 heavy (non-hydrogen) atoms. The molecule has 2 heterocycles. The summed E-state index contributed by atoms with van der Waals surface area (Å²) in [6.07, 6.45) is 1.61. The van der Waals surface area contributed by atoms with Crippen LogP contribution in [-0.4, -0.2) is 21.5 Å². The third-order valence-corrected chi connectivity index (χ3v) is 4.81. The number of carbonyl (C=O) groups excluding carboxylic acids is 2. The van der Waals surface area contributed by atoms with Gasteiger partial charge in [0.05, 0.1) is 5.69 Å². The summed E-state index contributed by atoms with van der Waals surface area (Å²) in [5, 5.41) is 2.69. The lowest BCUT2D eigenvalue weighted by Crippen LogP contribution is -2.54. The molecule has 1 aliphatic rings. The second kappa shape index (κ2) is 7.25. The molecule has 0 bridgehead atoms. The number of para-hydroxylation sites is 2. The van der Waals surface area contributed by atoms with Crippen LogP contribution in [0.4, 0.5) is 5.69 Å². The van der Waals surface area contributed by atoms with Gasteiger partial charge in [-0.25, -0.2) is 0 Å². The van der Waals surface area contributed by atoms with Gasteiger partial charge in [0.1, 0.15) is 5.57 Å². The maximum atomic E-state index is 13.1. The molecule has 4 rings (SSSR count). The van der Waals surface area contributed by atoms with Crippen molar-refractivity contribution in [1.82, 2.24) is 9.88 Å². The number of amides is 2. The molecule has 0 unspecified atom stereocenters. The van der Waals surface area contributed by atoms with Gasteiger partial charge in [-0.05, 0) is 61.6 Å². The standard InChI is InChI=1S/C22H17N3O2S/c1-15-12-13-18(24(15)16-8-4-2-5-9-16)14-19-20(26)23-22(28)25(21(19)27)17-10-6-3-7-11-17/h2-14H,1H3,(H,23,26,28)/b19-14+. The fraction of sp³-hybridized carbons (Fsp3) is 0.0455. The molecule has 0 spiro atoms. The molecule has 0 saturated carbocycles. The zero-order valence-corrected chi connectivity index (χ0v) is 15.9. The van der Waals surface area contributed by atoms with E-state index in [1.165, 1.54) is 4.90 Å². The van der Waals surface area contributed by atoms with Crippen LogP contribution in [0.3, 0.4) is 0 Å². The van der Waals surface area contributed by atoms with Crippen LogP contribution in [0.15, 0.2) is 78.4 Å². The molecule has 5 nitrogen and oxygen atoms in total. The highest BCUT2D eigenvalue weighted by Gasteiger charge is 2.34. The van der Waals surface area contributed by atoms with Gasteiger partial charge in [0.15, 0.2) is 5.11 Å². The molecular formula is C22H17N3O2S. The minimum Gasteiger partial charge on any atom is -0.314 e. The number of benzene rings is 2. The van der Waals surface area contributed by atoms with E-state index in [0.29, 0.717) is 5.69 Å². The molecule has 6 heteroatoms. The number of hydrogen-bond acceptors (Lipinski definition) is 3. The fourth-order valence-corrected chi connectivity index (χ4v) is 3.50. The van der Waals surface area contributed by atoms with Crippen LogP contribution in [0.2, 0.25) is 0 Å². The normalized spacial score (nSPS) is 15.8. The maximum Gasteiger partial charge on any atom is 0.270 e. The Morgan fingerprint density at radius 2 is 1.46 bits per heavy atom. The first-order valence-electron chi connectivity index (χ1n) is 8.76. The molecule has 0 radical (unpaired) electrons. The number of aromatic nitrogens is 1. The van der Waals surface area contributed by atoms with Gasteiger partial charge < -0.3 is 4.57 Å². The summed E-state index contributed by atoms with van der Waals surface area (Å²) in [6.45, 7) is 1.98. The zero-order valence-electron chi connectivity index (χ0n) is 15.1. The van der Waals surface area contributed by atoms with Gasteiger partial charge in [-0.1, -0.05) is 36.4 Å². The molecule has 2 aromatic carbocycles. The molecular weight excluding hydrogens is 370 g/mol. The van der Waals surface area contributed by atoms with E-state index < -0.39 is 11.8 Å². The van der Waals surface area contributed by atoms with Crippen LogP contribution in [0.1, 0.15) is 11.4 Å². The van der Waals surface area contributed by atoms with E-state index in [-0.39, 0.29) is 10.7 Å². The third-order valence-electron chi connectivity index (χ3n) is 4.53. The Morgan fingerprint density at radius 3 is 2.11 bits per heavy atom. The van der Waals surface area contributed by atoms with Gasteiger partial charge in [-0.3, -0.25) is 19.8 Å². The van der Waals surface area contributed by atoms with Gasteiger partial charge in [0.25, 0.3) is 11.8 Å². The number of carbonyl (C=O) groups is 2. The van der Waals surface area contributed by atoms with E-state index in [1.54, 1.807) is 18.2 Å². The van der Waals surface area contributed by atoms with Crippen molar-refractivity contribution < 1.29 is 9.59 Å². The molecule has 1 aromatic heterocycles. The SMILES string of the molecule is Cc1ccc(/C=C2\C(=O)NC(=S)N(c3ccccc3)C2=O)n1-c1ccccc1. The van der Waals surface area contributed by atoms with Crippen molar-refractivity contribution in [3.8, 4) is 5.69 Å². The van der Waals surface area contributed by atoms with Crippen molar-refractivity contribution in [3.05, 3.63) is 89.8 Å². The third kappa shape index (κ3) is 3.14. The first-order valence-corrected chi connectivity index (χ1v) is 9.17. The van der Waals surface area contributed by atoms with Crippen LogP contribution in [0.25, 0.3) is 11.8 Å². The summed E-state index contributed by atoms with van der Waals surface area (Å²) in [5.74, 6) is -0.945. The monoisotopic (exact) mass is 387 g/mol. The van der Waals surface area contributed by atoms with Crippen LogP contribution in [0.5, 0.6) is 0 Å². The average Bonchev–Trinajstić information content (AvgIpc) is 3.06. The molecule has 3 aromatic rings. The van der Waals surface area contributed by atoms with Crippen LogP contribution in [0, 0.1) is 6.92 Å². The molecule has 1 aliphatic heterocycles. The Kier molecular flexibility index (Phi) is 4.63. The number of nitrogens with zero attached hydrogens (tertiary/aromatic N) is 2. The highest BCUT2D eigenvalue weighted by Crippen LogP contribution is 2.24. The minimum atomic E-state index is -0.499. The van der Waals surface area contributed by atoms with Gasteiger partial charge in [-0.2, -0.15) is 0 Å². The summed E-state index contributed by atoms with van der Waals surface area (Å²) < 4.78 is 1.99. The number of thiocarbonyl (C=S) groups is 1. The number of rotatable bonds is 3. The lowest BCUT2D eigenvalue weighted by Gasteiger charge is -2.28. The van der Waals surface area contributed by atoms with Crippen molar-refractivity contribution in [2.75, 3.05) is 4.90 Å². The summed E-state index contributed by atoms with van der Waals surface area (Å²) in [5.41, 5.74) is 3.34. The van der Waals surface area contributed by atoms with E-state index >= 15 is 0 Å². The number of anilines is 1. The van der Waals surface area contributed by atoms with Crippen molar-refractivity contribution in [2.24, 2.45) is 0 Å². The van der Waals surface area contributed by atoms with E-state index in [9.17, 15) is 9.59 Å². The molecule has 1 N–H and O–H groups in total. The molecule has 0 aliphatic carbocycles. The number of aryl methyl sites for hydroxylation is 1. The quantitative estimate of drug-likeness (QED) is 0.424. The number of nitrogens with one attached hydrogen (secondary N) is 1. The summed E-state index contributed by atoms with van der Waals surface area (Å²) >= 11 is 5.23. The van der Waals surface area contributed by atoms with E-state index in [4.69, 9.17) is 12.2 Å². The maximum absolute atomic E-state index is 13.1. The molecule has 1 saturated heterocycles. The summed E-state index contributed by atoms with van der Waals surface area (Å²) in [6, 6.07) is 22.6. The summed E-state index contributed by atoms with van der Waals surface area (Å²) in [7, 11) is 0. The smallest absolute Gasteiger partial charge is 0.270 e. The second-order valence-electron chi connectivity index (χ2n) is 6.36. The topological polar surface area (TPSA) is 54.3 Å². The first kappa shape index (κ1) is 17.9. The average molecular weight is 387 g/mol. The van der Waals surface area contributed by atoms with Gasteiger partial charge in [0.2, 0.25) is 0 Å². The zero-order chi connectivity index (χ0) is 19.7. The number of hydrogen-bond donors (Lipinski definition) is 1. The van der Waals surface area contributed by atoms with Crippen LogP contribution >= 0.6 is 12.2 Å². The van der Waals surface area contributed by atoms with Crippen LogP contribution < -0.4 is 10.2 Å². The fourth-order valence-electron chi connectivity index (χ4n) is 3.22. The summed E-state index contributed by atoms with van der Waals surface area (Å²) in [4.78, 5) is 27.0. The molecule has 2 amide bonds. The van der Waals surface area contributed by atoms with Crippen molar-refractivity contribution in [3.63, 3.8) is 0 Å². The molecule has 0 atom stereocenters. The van der Waals surface area contributed by atoms with Crippen molar-refractivity contribution in [1.29, 1.82) is 0 Å². The Bertz CT molecular complexity index is 1100. The Balaban J connectivity index is 1.79. The van der Waals surface area contributed by atoms with Gasteiger partial charge >= 0.3 is 0 Å². The second-order valence-corrected chi connectivity index (χ2v) is 6.75. The Hall–Kier alpha value is -3.51. The van der Waals surface area contributed by atoms with Gasteiger partial charge in [0, 0.05) is 17.1 Å². The van der Waals surface area contributed by atoms with Crippen molar-refractivity contribution in [2.45, 2.75) is 6.92 Å². The van der Waals surface area contributed by atoms with Crippen LogP contribution in [-0.2, 0) is 9.59 Å². The van der Waals surface area contributed by atoms with E-state index in [2.05, 4.69) is 5.32 Å². The van der Waals surface area contributed by atoms with Gasteiger partial charge in [-0.15, -0.1) is 0 Å². The molecule has 138 valence electrons. The molecule has 1 fully saturated rings. The Morgan fingerprint density at radius 1 is 0.857 bits per heavy atom. The predicted octanol–water partition coefficient (Wildman–Crippen LogP) is 3.62. The largest absolute Gasteiger partial charge is 0.314 e. The predicted molar refractivity (Wildman–Crippen MR) is 113 cm³/mol. The minimum absolute atomic E-state index is 0.0349. The first-order chi connectivity index (χ1) is 13.6. The van der Waals surface area contributed by atoms with Crippen molar-refractivity contribution >= 4 is 40.9 Å². The van der Waals surface area contributed by atoms with E-state index in [1.807, 2.05) is 72.2 Å². The Labute approximate surface area is 167 Å². The highest BCUT2D eigenvalue weighted by atomic mass is 32.1. The lowest BCUT2D eigenvalue weighted by atomic mass is 10.1. The lowest BCUT2D eigenvalue weighted by molar-refractivity contribution is -0.122.